The van der Waals surface area contributed by atoms with Crippen molar-refractivity contribution in [1.29, 1.82) is 0 Å². The number of amides is 1. The maximum atomic E-state index is 12.8. The van der Waals surface area contributed by atoms with Crippen molar-refractivity contribution in [3.63, 3.8) is 0 Å². The van der Waals surface area contributed by atoms with Gasteiger partial charge in [-0.05, 0) is 31.4 Å². The fourth-order valence-electron chi connectivity index (χ4n) is 4.41. The van der Waals surface area contributed by atoms with Gasteiger partial charge >= 0.3 is 0 Å². The Morgan fingerprint density at radius 2 is 1.72 bits per heavy atom. The van der Waals surface area contributed by atoms with Crippen LogP contribution in [0.1, 0.15) is 31.4 Å². The molecule has 0 saturated carbocycles. The van der Waals surface area contributed by atoms with Crippen LogP contribution in [-0.4, -0.2) is 33.6 Å². The van der Waals surface area contributed by atoms with E-state index in [2.05, 4.69) is 45.5 Å². The summed E-state index contributed by atoms with van der Waals surface area (Å²) in [5.74, 6) is 1.10. The molecule has 4 aromatic rings. The van der Waals surface area contributed by atoms with Crippen LogP contribution in [0, 0.1) is 5.92 Å². The fourth-order valence-corrected chi connectivity index (χ4v) is 4.41. The van der Waals surface area contributed by atoms with E-state index in [0.717, 1.165) is 54.1 Å². The summed E-state index contributed by atoms with van der Waals surface area (Å²) >= 11 is 0. The minimum Gasteiger partial charge on any atom is -0.355 e. The van der Waals surface area contributed by atoms with E-state index < -0.39 is 0 Å². The minimum atomic E-state index is 0.0142. The molecule has 1 aliphatic rings. The Morgan fingerprint density at radius 1 is 1.03 bits per heavy atom. The molecule has 1 aliphatic heterocycles. The molecule has 1 unspecified atom stereocenters. The monoisotopic (exact) mass is 425 g/mol. The van der Waals surface area contributed by atoms with Crippen LogP contribution < -0.4 is 10.2 Å². The summed E-state index contributed by atoms with van der Waals surface area (Å²) in [4.78, 5) is 19.8. The van der Waals surface area contributed by atoms with E-state index in [4.69, 9.17) is 5.10 Å². The summed E-state index contributed by atoms with van der Waals surface area (Å²) in [6, 6.07) is 22.4. The fraction of sp³-hybridized carbons (Fsp3) is 0.269. The summed E-state index contributed by atoms with van der Waals surface area (Å²) in [6.45, 7) is 3.64. The van der Waals surface area contributed by atoms with Gasteiger partial charge in [0.05, 0.1) is 11.7 Å². The number of nitrogens with zero attached hydrogens (tertiary/aromatic N) is 4. The van der Waals surface area contributed by atoms with Crippen LogP contribution in [0.4, 0.5) is 5.82 Å². The first-order valence-corrected chi connectivity index (χ1v) is 11.2. The number of anilines is 1. The molecule has 1 atom stereocenters. The molecule has 0 radical (unpaired) electrons. The van der Waals surface area contributed by atoms with E-state index in [1.165, 1.54) is 0 Å². The molecule has 6 nitrogen and oxygen atoms in total. The van der Waals surface area contributed by atoms with E-state index >= 15 is 0 Å². The molecular formula is C26H27N5O. The van der Waals surface area contributed by atoms with Gasteiger partial charge in [0.25, 0.3) is 0 Å². The average Bonchev–Trinajstić information content (AvgIpc) is 3.30. The van der Waals surface area contributed by atoms with Crippen LogP contribution in [-0.2, 0) is 4.79 Å². The summed E-state index contributed by atoms with van der Waals surface area (Å²) < 4.78 is 1.89. The maximum Gasteiger partial charge on any atom is 0.223 e. The van der Waals surface area contributed by atoms with Crippen molar-refractivity contribution in [3.8, 4) is 11.3 Å². The van der Waals surface area contributed by atoms with Crippen LogP contribution >= 0.6 is 0 Å². The van der Waals surface area contributed by atoms with Gasteiger partial charge in [0.2, 0.25) is 5.91 Å². The minimum absolute atomic E-state index is 0.0142. The lowest BCUT2D eigenvalue weighted by atomic mass is 9.95. The number of nitrogens with one attached hydrogen (secondary N) is 1. The second kappa shape index (κ2) is 8.83. The van der Waals surface area contributed by atoms with Crippen molar-refractivity contribution in [2.45, 2.75) is 25.8 Å². The molecule has 1 N–H and O–H groups in total. The summed E-state index contributed by atoms with van der Waals surface area (Å²) in [5, 5.41) is 7.91. The highest BCUT2D eigenvalue weighted by atomic mass is 16.1. The van der Waals surface area contributed by atoms with Gasteiger partial charge in [-0.1, -0.05) is 60.7 Å². The zero-order chi connectivity index (χ0) is 21.9. The average molecular weight is 426 g/mol. The van der Waals surface area contributed by atoms with Gasteiger partial charge in [-0.15, -0.1) is 0 Å². The smallest absolute Gasteiger partial charge is 0.223 e. The van der Waals surface area contributed by atoms with E-state index in [-0.39, 0.29) is 17.9 Å². The molecule has 1 fully saturated rings. The van der Waals surface area contributed by atoms with E-state index in [9.17, 15) is 4.79 Å². The first kappa shape index (κ1) is 20.2. The third kappa shape index (κ3) is 4.08. The van der Waals surface area contributed by atoms with E-state index in [1.54, 1.807) is 6.20 Å². The molecule has 2 aromatic carbocycles. The Balaban J connectivity index is 1.27. The Labute approximate surface area is 187 Å². The number of fused-ring (bicyclic) bond motifs is 1. The highest BCUT2D eigenvalue weighted by Crippen LogP contribution is 2.28. The van der Waals surface area contributed by atoms with Crippen molar-refractivity contribution in [1.82, 2.24) is 19.9 Å². The van der Waals surface area contributed by atoms with Crippen molar-refractivity contribution >= 4 is 17.2 Å². The zero-order valence-electron chi connectivity index (χ0n) is 18.2. The third-order valence-electron chi connectivity index (χ3n) is 6.26. The normalized spacial score (nSPS) is 15.6. The van der Waals surface area contributed by atoms with Gasteiger partial charge in [0.15, 0.2) is 5.82 Å². The molecule has 0 aliphatic carbocycles. The molecular weight excluding hydrogens is 398 g/mol. The molecule has 0 spiro atoms. The largest absolute Gasteiger partial charge is 0.355 e. The van der Waals surface area contributed by atoms with Crippen LogP contribution in [0.25, 0.3) is 16.8 Å². The Hall–Kier alpha value is -3.67. The Bertz CT molecular complexity index is 1200. The van der Waals surface area contributed by atoms with Gasteiger partial charge in [-0.3, -0.25) is 4.79 Å². The molecule has 162 valence electrons. The number of piperidine rings is 1. The first-order valence-electron chi connectivity index (χ1n) is 11.2. The molecule has 6 heteroatoms. The van der Waals surface area contributed by atoms with Crippen molar-refractivity contribution in [2.75, 3.05) is 18.0 Å². The number of hydrogen-bond donors (Lipinski definition) is 1. The Kier molecular flexibility index (Phi) is 5.58. The van der Waals surface area contributed by atoms with Gasteiger partial charge in [0, 0.05) is 37.0 Å². The molecule has 0 bridgehead atoms. The quantitative estimate of drug-likeness (QED) is 0.512. The van der Waals surface area contributed by atoms with Crippen molar-refractivity contribution in [2.24, 2.45) is 5.92 Å². The van der Waals surface area contributed by atoms with E-state index in [0.29, 0.717) is 0 Å². The van der Waals surface area contributed by atoms with Crippen LogP contribution in [0.5, 0.6) is 0 Å². The molecule has 3 heterocycles. The highest BCUT2D eigenvalue weighted by Gasteiger charge is 2.27. The first-order chi connectivity index (χ1) is 15.7. The third-order valence-corrected chi connectivity index (χ3v) is 6.26. The van der Waals surface area contributed by atoms with Crippen LogP contribution in [0.15, 0.2) is 79.1 Å². The van der Waals surface area contributed by atoms with Gasteiger partial charge < -0.3 is 10.2 Å². The Morgan fingerprint density at radius 3 is 2.44 bits per heavy atom. The lowest BCUT2D eigenvalue weighted by molar-refractivity contribution is -0.126. The highest BCUT2D eigenvalue weighted by molar-refractivity contribution is 5.80. The molecule has 1 saturated heterocycles. The van der Waals surface area contributed by atoms with E-state index in [1.807, 2.05) is 54.0 Å². The molecule has 2 aromatic heterocycles. The SMILES string of the molecule is CC(NC(=O)C1CCN(c2nccn3nc(-c4ccccc4)cc23)CC1)c1ccccc1. The predicted octanol–water partition coefficient (Wildman–Crippen LogP) is 4.49. The van der Waals surface area contributed by atoms with Gasteiger partial charge in [0.1, 0.15) is 5.52 Å². The number of carbonyl (C=O) groups is 1. The summed E-state index contributed by atoms with van der Waals surface area (Å²) in [7, 11) is 0. The number of benzene rings is 2. The van der Waals surface area contributed by atoms with Gasteiger partial charge in [-0.2, -0.15) is 5.10 Å². The number of hydrogen-bond acceptors (Lipinski definition) is 4. The topological polar surface area (TPSA) is 62.5 Å². The van der Waals surface area contributed by atoms with Gasteiger partial charge in [-0.25, -0.2) is 9.50 Å². The lowest BCUT2D eigenvalue weighted by Crippen LogP contribution is -2.41. The maximum absolute atomic E-state index is 12.8. The molecule has 1 amide bonds. The zero-order valence-corrected chi connectivity index (χ0v) is 18.2. The number of aromatic nitrogens is 3. The summed E-state index contributed by atoms with van der Waals surface area (Å²) in [6.07, 6.45) is 5.31. The lowest BCUT2D eigenvalue weighted by Gasteiger charge is -2.32. The van der Waals surface area contributed by atoms with Crippen molar-refractivity contribution < 1.29 is 4.79 Å². The number of carbonyl (C=O) groups excluding carboxylic acids is 1. The summed E-state index contributed by atoms with van der Waals surface area (Å²) in [5.41, 5.74) is 4.14. The molecule has 5 rings (SSSR count). The second-order valence-electron chi connectivity index (χ2n) is 8.38. The number of rotatable bonds is 5. The second-order valence-corrected chi connectivity index (χ2v) is 8.38. The van der Waals surface area contributed by atoms with Crippen molar-refractivity contribution in [3.05, 3.63) is 84.7 Å². The predicted molar refractivity (Wildman–Crippen MR) is 126 cm³/mol. The van der Waals surface area contributed by atoms with Crippen LogP contribution in [0.3, 0.4) is 0 Å². The standard InChI is InChI=1S/C26H27N5O/c1-19(20-8-4-2-5-9-20)28-26(32)22-12-15-30(16-13-22)25-24-18-23(21-10-6-3-7-11-21)29-31(24)17-14-27-25/h2-11,14,17-19,22H,12-13,15-16H2,1H3,(H,28,32). The molecule has 32 heavy (non-hydrogen) atoms. The van der Waals surface area contributed by atoms with Crippen LogP contribution in [0.2, 0.25) is 0 Å².